The summed E-state index contributed by atoms with van der Waals surface area (Å²) in [6.45, 7) is 3.31. The van der Waals surface area contributed by atoms with Crippen molar-refractivity contribution >= 4 is 10.3 Å². The molecule has 0 aromatic carbocycles. The first kappa shape index (κ1) is 7.36. The summed E-state index contributed by atoms with van der Waals surface area (Å²) in [6, 6.07) is 0. The third-order valence-corrected chi connectivity index (χ3v) is 5.68. The first-order chi connectivity index (χ1) is 5.35. The van der Waals surface area contributed by atoms with Crippen LogP contribution in [0.25, 0.3) is 0 Å². The topological polar surface area (TPSA) is 41.9 Å². The lowest BCUT2D eigenvalue weighted by atomic mass is 10.5. The Morgan fingerprint density at radius 2 is 1.73 bits per heavy atom. The minimum absolute atomic E-state index is 1.04. The van der Waals surface area contributed by atoms with Crippen molar-refractivity contribution < 1.29 is 4.28 Å². The van der Waals surface area contributed by atoms with E-state index in [-0.39, 0.29) is 0 Å². The summed E-state index contributed by atoms with van der Waals surface area (Å²) in [5.74, 6) is 3.16. The lowest BCUT2D eigenvalue weighted by Crippen LogP contribution is -2.48. The van der Waals surface area contributed by atoms with Crippen molar-refractivity contribution in [2.75, 3.05) is 36.9 Å². The van der Waals surface area contributed by atoms with Gasteiger partial charge in [0.1, 0.15) is 0 Å². The molecule has 0 aromatic rings. The maximum atomic E-state index is 9.99. The van der Waals surface area contributed by atoms with Gasteiger partial charge in [-0.3, -0.25) is 0 Å². The van der Waals surface area contributed by atoms with Gasteiger partial charge in [-0.15, -0.1) is 4.91 Å². The molecule has 0 radical (unpaired) electrons. The summed E-state index contributed by atoms with van der Waals surface area (Å²) in [4.78, 5) is 12.4. The average molecular weight is 176 g/mol. The van der Waals surface area contributed by atoms with Crippen molar-refractivity contribution in [2.45, 2.75) is 0 Å². The molecule has 5 heteroatoms. The van der Waals surface area contributed by atoms with E-state index in [4.69, 9.17) is 4.28 Å². The molecule has 0 aromatic heterocycles. The Morgan fingerprint density at radius 3 is 2.18 bits per heavy atom. The molecule has 0 aliphatic carbocycles. The van der Waals surface area contributed by atoms with Gasteiger partial charge >= 0.3 is 0 Å². The Balaban J connectivity index is 2.05. The molecule has 64 valence electrons. The summed E-state index contributed by atoms with van der Waals surface area (Å²) < 4.78 is 4.98. The molecule has 3 aliphatic heterocycles. The molecule has 3 aliphatic rings. The van der Waals surface area contributed by atoms with E-state index in [1.165, 1.54) is 0 Å². The number of rotatable bonds is 2. The Bertz CT molecular complexity index is 154. The highest BCUT2D eigenvalue weighted by Crippen LogP contribution is 2.53. The summed E-state index contributed by atoms with van der Waals surface area (Å²) in [5, 5.41) is 2.60. The lowest BCUT2D eigenvalue weighted by molar-refractivity contribution is 0.272. The second kappa shape index (κ2) is 2.64. The zero-order valence-corrected chi connectivity index (χ0v) is 7.18. The van der Waals surface area contributed by atoms with Crippen molar-refractivity contribution in [3.63, 3.8) is 0 Å². The Kier molecular flexibility index (Phi) is 1.77. The second-order valence-electron chi connectivity index (χ2n) is 3.07. The van der Waals surface area contributed by atoms with Crippen molar-refractivity contribution in [1.82, 2.24) is 4.90 Å². The molecule has 0 spiro atoms. The van der Waals surface area contributed by atoms with Crippen LogP contribution in [0.5, 0.6) is 0 Å². The normalized spacial score (nSPS) is 47.8. The Hall–Kier alpha value is -0.290. The van der Waals surface area contributed by atoms with Gasteiger partial charge in [-0.25, -0.2) is 0 Å². The fraction of sp³-hybridized carbons (Fsp3) is 1.00. The zero-order valence-electron chi connectivity index (χ0n) is 6.36. The zero-order chi connectivity index (χ0) is 7.73. The van der Waals surface area contributed by atoms with Gasteiger partial charge in [0.2, 0.25) is 0 Å². The summed E-state index contributed by atoms with van der Waals surface area (Å²) >= 11 is 0. The molecular weight excluding hydrogens is 164 g/mol. The van der Waals surface area contributed by atoms with Crippen molar-refractivity contribution in [2.24, 2.45) is 5.34 Å². The number of nitrogens with zero attached hydrogens (tertiary/aromatic N) is 2. The predicted molar refractivity (Wildman–Crippen MR) is 45.5 cm³/mol. The fourth-order valence-electron chi connectivity index (χ4n) is 1.70. The van der Waals surface area contributed by atoms with Gasteiger partial charge in [0.05, 0.1) is 0 Å². The molecule has 3 saturated heterocycles. The number of hydrogen-bond acceptors (Lipinski definition) is 4. The van der Waals surface area contributed by atoms with E-state index >= 15 is 0 Å². The van der Waals surface area contributed by atoms with Crippen molar-refractivity contribution in [1.29, 1.82) is 0 Å². The largest absolute Gasteiger partial charge is 0.312 e. The van der Waals surface area contributed by atoms with Crippen molar-refractivity contribution in [3.8, 4) is 0 Å². The Labute approximate surface area is 67.3 Å². The molecule has 0 saturated carbocycles. The van der Waals surface area contributed by atoms with Crippen LogP contribution in [0, 0.1) is 4.91 Å². The van der Waals surface area contributed by atoms with Crippen LogP contribution in [0.3, 0.4) is 0 Å². The Morgan fingerprint density at radius 1 is 1.18 bits per heavy atom. The van der Waals surface area contributed by atoms with Crippen LogP contribution in [0.2, 0.25) is 0 Å². The van der Waals surface area contributed by atoms with Crippen molar-refractivity contribution in [3.05, 3.63) is 4.91 Å². The maximum absolute atomic E-state index is 9.99. The first-order valence-corrected chi connectivity index (χ1v) is 5.91. The van der Waals surface area contributed by atoms with Crippen LogP contribution in [0.1, 0.15) is 0 Å². The molecule has 3 rings (SSSR count). The van der Waals surface area contributed by atoms with Crippen LogP contribution >= 0.6 is 10.3 Å². The maximum Gasteiger partial charge on any atom is 0.166 e. The van der Waals surface area contributed by atoms with Gasteiger partial charge in [-0.05, 0) is 0 Å². The summed E-state index contributed by atoms with van der Waals surface area (Å²) in [7, 11) is -1.04. The van der Waals surface area contributed by atoms with E-state index in [9.17, 15) is 4.91 Å². The van der Waals surface area contributed by atoms with E-state index < -0.39 is 10.3 Å². The summed E-state index contributed by atoms with van der Waals surface area (Å²) in [5.41, 5.74) is 0. The van der Waals surface area contributed by atoms with Gasteiger partial charge in [-0.1, -0.05) is 10.3 Å². The highest BCUT2D eigenvalue weighted by Gasteiger charge is 2.37. The molecule has 11 heavy (non-hydrogen) atoms. The molecule has 0 unspecified atom stereocenters. The average Bonchev–Trinajstić information content (AvgIpc) is 2.07. The molecule has 0 atom stereocenters. The molecular formula is C6H12N2O2S. The second-order valence-corrected chi connectivity index (χ2v) is 6.37. The molecule has 4 nitrogen and oxygen atoms in total. The van der Waals surface area contributed by atoms with Gasteiger partial charge in [0.25, 0.3) is 0 Å². The van der Waals surface area contributed by atoms with Gasteiger partial charge in [0.15, 0.2) is 5.34 Å². The van der Waals surface area contributed by atoms with Crippen LogP contribution in [0.15, 0.2) is 5.34 Å². The van der Waals surface area contributed by atoms with Crippen LogP contribution in [-0.4, -0.2) is 41.8 Å². The minimum atomic E-state index is -1.04. The number of fused-ring (bicyclic) bond motifs is 3. The lowest BCUT2D eigenvalue weighted by Gasteiger charge is -2.48. The van der Waals surface area contributed by atoms with Gasteiger partial charge in [-0.2, -0.15) is 0 Å². The predicted octanol–water partition coefficient (Wildman–Crippen LogP) is 0.733. The molecule has 3 heterocycles. The smallest absolute Gasteiger partial charge is 0.166 e. The molecule has 2 bridgehead atoms. The molecule has 0 N–H and O–H groups in total. The van der Waals surface area contributed by atoms with E-state index in [2.05, 4.69) is 10.2 Å². The fourth-order valence-corrected chi connectivity index (χ4v) is 4.44. The number of hydrogen-bond donors (Lipinski definition) is 0. The monoisotopic (exact) mass is 176 g/mol. The van der Waals surface area contributed by atoms with Gasteiger partial charge in [0, 0.05) is 36.9 Å². The van der Waals surface area contributed by atoms with Gasteiger partial charge < -0.3 is 9.18 Å². The van der Waals surface area contributed by atoms with Crippen LogP contribution < -0.4 is 0 Å². The van der Waals surface area contributed by atoms with E-state index in [0.29, 0.717) is 0 Å². The quantitative estimate of drug-likeness (QED) is 0.460. The van der Waals surface area contributed by atoms with Crippen LogP contribution in [0.4, 0.5) is 0 Å². The third kappa shape index (κ3) is 1.22. The SMILES string of the molecule is O=NOS12CCN(CC1)CC2. The van der Waals surface area contributed by atoms with Crippen LogP contribution in [-0.2, 0) is 4.28 Å². The molecule has 3 fully saturated rings. The van der Waals surface area contributed by atoms with E-state index in [1.54, 1.807) is 0 Å². The third-order valence-electron chi connectivity index (χ3n) is 2.53. The first-order valence-electron chi connectivity index (χ1n) is 3.85. The highest BCUT2D eigenvalue weighted by molar-refractivity contribution is 8.30. The minimum Gasteiger partial charge on any atom is -0.312 e. The van der Waals surface area contributed by atoms with E-state index in [1.807, 2.05) is 0 Å². The molecule has 0 amide bonds. The summed E-state index contributed by atoms with van der Waals surface area (Å²) in [6.07, 6.45) is 0. The standard InChI is InChI=1S/C6H12N2O2S/c9-7-10-11-4-1-8(2-5-11)3-6-11/h1-6H2. The highest BCUT2D eigenvalue weighted by atomic mass is 32.3. The van der Waals surface area contributed by atoms with E-state index in [0.717, 1.165) is 36.9 Å².